The van der Waals surface area contributed by atoms with Crippen LogP contribution in [-0.4, -0.2) is 49.6 Å². The van der Waals surface area contributed by atoms with Crippen LogP contribution in [0.3, 0.4) is 0 Å². The van der Waals surface area contributed by atoms with Crippen LogP contribution in [0, 0.1) is 18.3 Å². The monoisotopic (exact) mass is 400 g/mol. The zero-order chi connectivity index (χ0) is 19.3. The van der Waals surface area contributed by atoms with Gasteiger partial charge in [-0.05, 0) is 32.6 Å². The van der Waals surface area contributed by atoms with Crippen LogP contribution in [0.1, 0.15) is 59.5 Å². The number of hydrogen-bond donors (Lipinski definition) is 1. The van der Waals surface area contributed by atoms with E-state index in [0.717, 1.165) is 49.5 Å². The molecule has 0 radical (unpaired) electrons. The second kappa shape index (κ2) is 6.65. The van der Waals surface area contributed by atoms with Gasteiger partial charge < -0.3 is 10.2 Å². The summed E-state index contributed by atoms with van der Waals surface area (Å²) in [5.41, 5.74) is 0.331. The number of nitrogens with one attached hydrogen (secondary N) is 1. The smallest absolute Gasteiger partial charge is 0.273 e. The highest BCUT2D eigenvalue weighted by molar-refractivity contribution is 7.09. The summed E-state index contributed by atoms with van der Waals surface area (Å²) in [6, 6.07) is -0.202. The highest BCUT2D eigenvalue weighted by atomic mass is 32.1. The first kappa shape index (κ1) is 17.8. The van der Waals surface area contributed by atoms with Crippen molar-refractivity contribution in [2.45, 2.75) is 51.6 Å². The van der Waals surface area contributed by atoms with E-state index in [1.165, 1.54) is 11.3 Å². The Morgan fingerprint density at radius 2 is 2.11 bits per heavy atom. The van der Waals surface area contributed by atoms with Gasteiger partial charge in [0.2, 0.25) is 5.91 Å². The van der Waals surface area contributed by atoms with Crippen LogP contribution in [0.2, 0.25) is 0 Å². The molecule has 2 fully saturated rings. The molecule has 148 valence electrons. The van der Waals surface area contributed by atoms with E-state index in [2.05, 4.69) is 20.4 Å². The lowest BCUT2D eigenvalue weighted by atomic mass is 9.73. The Bertz CT molecular complexity index is 919. The topological polar surface area (TPSA) is 93.0 Å². The number of fused-ring (bicyclic) bond motifs is 1. The maximum atomic E-state index is 12.9. The Morgan fingerprint density at radius 3 is 2.82 bits per heavy atom. The first-order valence-corrected chi connectivity index (χ1v) is 10.8. The Labute approximate surface area is 167 Å². The Kier molecular flexibility index (Phi) is 4.22. The van der Waals surface area contributed by atoms with Gasteiger partial charge in [0, 0.05) is 36.3 Å². The van der Waals surface area contributed by atoms with Gasteiger partial charge >= 0.3 is 0 Å². The molecule has 2 aromatic rings. The van der Waals surface area contributed by atoms with Crippen LogP contribution in [-0.2, 0) is 11.3 Å². The second-order valence-electron chi connectivity index (χ2n) is 8.25. The minimum absolute atomic E-state index is 0.0164. The quantitative estimate of drug-likeness (QED) is 0.850. The Morgan fingerprint density at radius 1 is 1.29 bits per heavy atom. The van der Waals surface area contributed by atoms with Gasteiger partial charge in [-0.3, -0.25) is 9.59 Å². The van der Waals surface area contributed by atoms with E-state index in [1.807, 2.05) is 21.9 Å². The van der Waals surface area contributed by atoms with Crippen LogP contribution >= 0.6 is 11.3 Å². The minimum Gasteiger partial charge on any atom is -0.345 e. The average Bonchev–Trinajstić information content (AvgIpc) is 3.35. The molecule has 0 unspecified atom stereocenters. The first-order valence-electron chi connectivity index (χ1n) is 9.95. The zero-order valence-corrected chi connectivity index (χ0v) is 16.7. The number of carbonyl (C=O) groups excluding carboxylic acids is 2. The normalized spacial score (nSPS) is 26.9. The van der Waals surface area contributed by atoms with Gasteiger partial charge in [-0.25, -0.2) is 14.6 Å². The molecule has 28 heavy (non-hydrogen) atoms. The first-order chi connectivity index (χ1) is 13.6. The Hall–Kier alpha value is -2.29. The highest BCUT2D eigenvalue weighted by Crippen LogP contribution is 2.48. The molecule has 9 heteroatoms. The maximum Gasteiger partial charge on any atom is 0.273 e. The van der Waals surface area contributed by atoms with Gasteiger partial charge in [-0.2, -0.15) is 5.10 Å². The number of likely N-dealkylation sites (tertiary alicyclic amines) is 1. The van der Waals surface area contributed by atoms with Gasteiger partial charge in [-0.15, -0.1) is 11.3 Å². The molecule has 0 aromatic carbocycles. The van der Waals surface area contributed by atoms with E-state index < -0.39 is 0 Å². The van der Waals surface area contributed by atoms with Crippen molar-refractivity contribution < 1.29 is 9.59 Å². The zero-order valence-electron chi connectivity index (χ0n) is 15.9. The Balaban J connectivity index is 1.40. The molecule has 2 amide bonds. The largest absolute Gasteiger partial charge is 0.345 e. The summed E-state index contributed by atoms with van der Waals surface area (Å²) < 4.78 is 1.89. The summed E-state index contributed by atoms with van der Waals surface area (Å²) in [7, 11) is 0. The summed E-state index contributed by atoms with van der Waals surface area (Å²) in [5, 5.41) is 10.3. The van der Waals surface area contributed by atoms with Crippen molar-refractivity contribution in [3.63, 3.8) is 0 Å². The standard InChI is InChI=1S/C19H24N6O2S/c1-12-22-14(9-28-12)18(27)24-7-5-19(10-24)6-8-25-16(20-11-21-25)15(19)23-17(26)13-3-2-4-13/h9,11,13,15H,2-8,10H2,1H3,(H,23,26)/t15-,19+/m0/s1. The number of nitrogens with zero attached hydrogens (tertiary/aromatic N) is 5. The number of aryl methyl sites for hydroxylation is 2. The third-order valence-corrected chi connectivity index (χ3v) is 7.38. The van der Waals surface area contributed by atoms with Gasteiger partial charge in [-0.1, -0.05) is 6.42 Å². The fourth-order valence-corrected chi connectivity index (χ4v) is 5.28. The van der Waals surface area contributed by atoms with Gasteiger partial charge in [0.05, 0.1) is 11.0 Å². The summed E-state index contributed by atoms with van der Waals surface area (Å²) in [6.07, 6.45) is 6.34. The summed E-state index contributed by atoms with van der Waals surface area (Å²) in [6.45, 7) is 3.97. The molecule has 3 aliphatic rings. The molecule has 1 saturated carbocycles. The van der Waals surface area contributed by atoms with Crippen molar-refractivity contribution in [3.8, 4) is 0 Å². The van der Waals surface area contributed by atoms with E-state index in [1.54, 1.807) is 6.33 Å². The predicted molar refractivity (Wildman–Crippen MR) is 103 cm³/mol. The lowest BCUT2D eigenvalue weighted by molar-refractivity contribution is -0.129. The molecule has 4 heterocycles. The second-order valence-corrected chi connectivity index (χ2v) is 9.31. The SMILES string of the molecule is Cc1nc(C(=O)N2CC[C@@]3(CCn4ncnc4[C@@H]3NC(=O)C3CCC3)C2)cs1. The van der Waals surface area contributed by atoms with Crippen molar-refractivity contribution in [2.24, 2.45) is 11.3 Å². The number of aromatic nitrogens is 4. The number of amides is 2. The average molecular weight is 401 g/mol. The molecule has 1 saturated heterocycles. The number of thiazole rings is 1. The van der Waals surface area contributed by atoms with Crippen molar-refractivity contribution in [2.75, 3.05) is 13.1 Å². The molecule has 5 rings (SSSR count). The fraction of sp³-hybridized carbons (Fsp3) is 0.632. The molecule has 0 bridgehead atoms. The third-order valence-electron chi connectivity index (χ3n) is 6.61. The van der Waals surface area contributed by atoms with Gasteiger partial charge in [0.25, 0.3) is 5.91 Å². The van der Waals surface area contributed by atoms with E-state index in [9.17, 15) is 9.59 Å². The van der Waals surface area contributed by atoms with E-state index in [0.29, 0.717) is 18.8 Å². The molecule has 2 atom stereocenters. The lowest BCUT2D eigenvalue weighted by Gasteiger charge is -2.41. The van der Waals surface area contributed by atoms with Crippen LogP contribution < -0.4 is 5.32 Å². The van der Waals surface area contributed by atoms with Crippen molar-refractivity contribution in [1.29, 1.82) is 0 Å². The maximum absolute atomic E-state index is 12.9. The molecule has 8 nitrogen and oxygen atoms in total. The van der Waals surface area contributed by atoms with Gasteiger partial charge in [0.15, 0.2) is 0 Å². The molecule has 1 N–H and O–H groups in total. The van der Waals surface area contributed by atoms with E-state index >= 15 is 0 Å². The van der Waals surface area contributed by atoms with Crippen molar-refractivity contribution in [3.05, 3.63) is 28.2 Å². The number of hydrogen-bond acceptors (Lipinski definition) is 6. The predicted octanol–water partition coefficient (Wildman–Crippen LogP) is 1.94. The molecule has 2 aromatic heterocycles. The molecular formula is C19H24N6O2S. The van der Waals surface area contributed by atoms with Crippen LogP contribution in [0.5, 0.6) is 0 Å². The van der Waals surface area contributed by atoms with E-state index in [-0.39, 0.29) is 29.2 Å². The number of carbonyl (C=O) groups is 2. The molecular weight excluding hydrogens is 376 g/mol. The van der Waals surface area contributed by atoms with Crippen LogP contribution in [0.4, 0.5) is 0 Å². The van der Waals surface area contributed by atoms with E-state index in [4.69, 9.17) is 0 Å². The van der Waals surface area contributed by atoms with Crippen molar-refractivity contribution >= 4 is 23.2 Å². The molecule has 2 aliphatic heterocycles. The summed E-state index contributed by atoms with van der Waals surface area (Å²) in [4.78, 5) is 36.4. The fourth-order valence-electron chi connectivity index (χ4n) is 4.70. The molecule has 1 aliphatic carbocycles. The van der Waals surface area contributed by atoms with Gasteiger partial charge in [0.1, 0.15) is 17.8 Å². The molecule has 1 spiro atoms. The minimum atomic E-state index is -0.202. The highest BCUT2D eigenvalue weighted by Gasteiger charge is 2.51. The number of rotatable bonds is 3. The summed E-state index contributed by atoms with van der Waals surface area (Å²) >= 11 is 1.49. The third kappa shape index (κ3) is 2.83. The van der Waals surface area contributed by atoms with Crippen molar-refractivity contribution in [1.82, 2.24) is 30.0 Å². The van der Waals surface area contributed by atoms with Crippen LogP contribution in [0.15, 0.2) is 11.7 Å². The lowest BCUT2D eigenvalue weighted by Crippen LogP contribution is -2.49. The van der Waals surface area contributed by atoms with Crippen LogP contribution in [0.25, 0.3) is 0 Å². The summed E-state index contributed by atoms with van der Waals surface area (Å²) in [5.74, 6) is 1.04.